The number of aliphatic hydroxyl groups is 2. The summed E-state index contributed by atoms with van der Waals surface area (Å²) in [5.74, 6) is 0.591. The molecule has 2 amide bonds. The van der Waals surface area contributed by atoms with E-state index >= 15 is 0 Å². The van der Waals surface area contributed by atoms with Crippen molar-refractivity contribution in [3.05, 3.63) is 95.2 Å². The van der Waals surface area contributed by atoms with E-state index in [1.54, 1.807) is 30.5 Å². The second-order valence-electron chi connectivity index (χ2n) is 9.83. The summed E-state index contributed by atoms with van der Waals surface area (Å²) in [6, 6.07) is 20.9. The fourth-order valence-electron chi connectivity index (χ4n) is 5.45. The first-order valence-electron chi connectivity index (χ1n) is 12.8. The van der Waals surface area contributed by atoms with Gasteiger partial charge in [0.25, 0.3) is 11.8 Å². The molecule has 4 N–H and O–H groups in total. The van der Waals surface area contributed by atoms with Crippen molar-refractivity contribution in [3.8, 4) is 0 Å². The zero-order valence-electron chi connectivity index (χ0n) is 20.6. The highest BCUT2D eigenvalue weighted by molar-refractivity contribution is 5.94. The van der Waals surface area contributed by atoms with Crippen LogP contribution >= 0.6 is 0 Å². The predicted molar refractivity (Wildman–Crippen MR) is 140 cm³/mol. The van der Waals surface area contributed by atoms with Crippen molar-refractivity contribution >= 4 is 17.6 Å². The van der Waals surface area contributed by atoms with Gasteiger partial charge in [0.1, 0.15) is 11.9 Å². The summed E-state index contributed by atoms with van der Waals surface area (Å²) in [4.78, 5) is 32.3. The van der Waals surface area contributed by atoms with Gasteiger partial charge in [-0.15, -0.1) is 0 Å². The summed E-state index contributed by atoms with van der Waals surface area (Å²) in [5, 5.41) is 24.9. The Hall–Kier alpha value is -3.75. The molecule has 37 heavy (non-hydrogen) atoms. The van der Waals surface area contributed by atoms with Crippen molar-refractivity contribution in [3.63, 3.8) is 0 Å². The van der Waals surface area contributed by atoms with Gasteiger partial charge in [-0.25, -0.2) is 4.98 Å². The number of amides is 2. The molecule has 2 aliphatic heterocycles. The normalized spacial score (nSPS) is 21.4. The van der Waals surface area contributed by atoms with Crippen molar-refractivity contribution in [1.29, 1.82) is 0 Å². The molecule has 1 unspecified atom stereocenters. The molecule has 0 spiro atoms. The smallest absolute Gasteiger partial charge is 0.253 e. The Morgan fingerprint density at radius 3 is 2.22 bits per heavy atom. The first-order chi connectivity index (χ1) is 18.0. The van der Waals surface area contributed by atoms with Crippen LogP contribution in [-0.2, 0) is 6.54 Å². The lowest BCUT2D eigenvalue weighted by Crippen LogP contribution is -2.50. The lowest BCUT2D eigenvalue weighted by atomic mass is 9.96. The Labute approximate surface area is 216 Å². The van der Waals surface area contributed by atoms with E-state index in [4.69, 9.17) is 5.11 Å². The zero-order chi connectivity index (χ0) is 25.8. The Kier molecular flexibility index (Phi) is 7.48. The number of hydrogen-bond acceptors (Lipinski definition) is 6. The number of nitrogens with zero attached hydrogens (tertiary/aromatic N) is 2. The average molecular weight is 501 g/mol. The second kappa shape index (κ2) is 11.1. The van der Waals surface area contributed by atoms with Crippen molar-refractivity contribution in [2.45, 2.75) is 56.5 Å². The number of hydrogen-bond donors (Lipinski definition) is 4. The lowest BCUT2D eigenvalue weighted by molar-refractivity contribution is 0.0921. The first-order valence-corrected chi connectivity index (χ1v) is 12.8. The van der Waals surface area contributed by atoms with Crippen LogP contribution in [-0.4, -0.2) is 51.7 Å². The number of nitrogens with one attached hydrogen (secondary N) is 2. The van der Waals surface area contributed by atoms with Crippen molar-refractivity contribution < 1.29 is 19.8 Å². The summed E-state index contributed by atoms with van der Waals surface area (Å²) < 4.78 is 0. The Morgan fingerprint density at radius 1 is 0.919 bits per heavy atom. The van der Waals surface area contributed by atoms with E-state index < -0.39 is 6.10 Å². The molecule has 2 bridgehead atoms. The fraction of sp³-hybridized carbons (Fsp3) is 0.345. The molecule has 0 saturated carbocycles. The van der Waals surface area contributed by atoms with Crippen LogP contribution in [0.15, 0.2) is 72.9 Å². The number of carbonyl (C=O) groups excluding carboxylic acids is 2. The maximum atomic E-state index is 12.8. The van der Waals surface area contributed by atoms with Crippen LogP contribution in [0.1, 0.15) is 63.6 Å². The summed E-state index contributed by atoms with van der Waals surface area (Å²) in [6.45, 7) is 0.117. The van der Waals surface area contributed by atoms with Crippen LogP contribution in [0.2, 0.25) is 0 Å². The van der Waals surface area contributed by atoms with Gasteiger partial charge in [0.15, 0.2) is 0 Å². The minimum Gasteiger partial charge on any atom is -0.393 e. The molecule has 0 aliphatic carbocycles. The molecule has 4 atom stereocenters. The molecule has 2 fully saturated rings. The van der Waals surface area contributed by atoms with Gasteiger partial charge in [-0.2, -0.15) is 0 Å². The molecule has 2 aliphatic rings. The molecule has 192 valence electrons. The summed E-state index contributed by atoms with van der Waals surface area (Å²) in [5.41, 5.74) is 2.69. The standard InChI is InChI=1S/C29H32N4O4/c34-18-26(35)20-6-8-21(9-7-20)29(37)32-23-14-24-11-12-25(15-23)33(24)27-13-10-22(17-30-27)28(36)31-16-19-4-2-1-3-5-19/h1-10,13,17,23-26,34-35H,11-12,14-16,18H2,(H,31,36)(H,32,37)/t23-,24+,25-,26?. The third kappa shape index (κ3) is 5.65. The van der Waals surface area contributed by atoms with Crippen LogP contribution < -0.4 is 15.5 Å². The van der Waals surface area contributed by atoms with Gasteiger partial charge in [0, 0.05) is 36.4 Å². The number of fused-ring (bicyclic) bond motifs is 2. The van der Waals surface area contributed by atoms with Gasteiger partial charge >= 0.3 is 0 Å². The van der Waals surface area contributed by atoms with E-state index in [9.17, 15) is 14.7 Å². The van der Waals surface area contributed by atoms with E-state index in [1.165, 1.54) is 0 Å². The Morgan fingerprint density at radius 2 is 1.59 bits per heavy atom. The molecule has 3 aromatic rings. The third-order valence-electron chi connectivity index (χ3n) is 7.37. The highest BCUT2D eigenvalue weighted by Gasteiger charge is 2.41. The summed E-state index contributed by atoms with van der Waals surface area (Å²) >= 11 is 0. The number of piperidine rings is 1. The quantitative estimate of drug-likeness (QED) is 0.378. The van der Waals surface area contributed by atoms with Gasteiger partial charge in [0.2, 0.25) is 0 Å². The highest BCUT2D eigenvalue weighted by Crippen LogP contribution is 2.38. The Bertz CT molecular complexity index is 1200. The number of anilines is 1. The van der Waals surface area contributed by atoms with Gasteiger partial charge in [-0.05, 0) is 61.1 Å². The van der Waals surface area contributed by atoms with Gasteiger partial charge in [-0.1, -0.05) is 42.5 Å². The van der Waals surface area contributed by atoms with Crippen molar-refractivity contribution in [2.24, 2.45) is 0 Å². The Balaban J connectivity index is 1.17. The van der Waals surface area contributed by atoms with E-state index in [0.717, 1.165) is 37.1 Å². The van der Waals surface area contributed by atoms with E-state index in [0.29, 0.717) is 23.2 Å². The number of benzene rings is 2. The number of rotatable bonds is 8. The maximum Gasteiger partial charge on any atom is 0.253 e. The second-order valence-corrected chi connectivity index (χ2v) is 9.83. The molecular formula is C29H32N4O4. The van der Waals surface area contributed by atoms with Gasteiger partial charge in [0.05, 0.1) is 12.2 Å². The predicted octanol–water partition coefficient (Wildman–Crippen LogP) is 2.97. The average Bonchev–Trinajstić information content (AvgIpc) is 3.21. The molecule has 3 heterocycles. The van der Waals surface area contributed by atoms with Crippen LogP contribution in [0.25, 0.3) is 0 Å². The minimum absolute atomic E-state index is 0.0759. The largest absolute Gasteiger partial charge is 0.393 e. The monoisotopic (exact) mass is 500 g/mol. The number of pyridine rings is 1. The molecule has 1 aromatic heterocycles. The lowest BCUT2D eigenvalue weighted by Gasteiger charge is -2.40. The third-order valence-corrected chi connectivity index (χ3v) is 7.37. The zero-order valence-corrected chi connectivity index (χ0v) is 20.6. The van der Waals surface area contributed by atoms with Crippen LogP contribution in [0.5, 0.6) is 0 Å². The van der Waals surface area contributed by atoms with E-state index in [1.807, 2.05) is 42.5 Å². The first kappa shape index (κ1) is 24.9. The highest BCUT2D eigenvalue weighted by atomic mass is 16.3. The molecule has 8 nitrogen and oxygen atoms in total. The molecule has 8 heteroatoms. The number of aromatic nitrogens is 1. The van der Waals surface area contributed by atoms with Crippen LogP contribution in [0, 0.1) is 0 Å². The summed E-state index contributed by atoms with van der Waals surface area (Å²) in [7, 11) is 0. The minimum atomic E-state index is -0.941. The van der Waals surface area contributed by atoms with Crippen LogP contribution in [0.4, 0.5) is 5.82 Å². The molecule has 0 radical (unpaired) electrons. The molecule has 2 saturated heterocycles. The van der Waals surface area contributed by atoms with Crippen LogP contribution in [0.3, 0.4) is 0 Å². The van der Waals surface area contributed by atoms with Crippen molar-refractivity contribution in [1.82, 2.24) is 15.6 Å². The van der Waals surface area contributed by atoms with Gasteiger partial charge < -0.3 is 25.7 Å². The molecule has 2 aromatic carbocycles. The fourth-order valence-corrected chi connectivity index (χ4v) is 5.45. The maximum absolute atomic E-state index is 12.8. The van der Waals surface area contributed by atoms with Crippen molar-refractivity contribution in [2.75, 3.05) is 11.5 Å². The topological polar surface area (TPSA) is 115 Å². The van der Waals surface area contributed by atoms with E-state index in [2.05, 4.69) is 20.5 Å². The van der Waals surface area contributed by atoms with E-state index in [-0.39, 0.29) is 36.5 Å². The number of carbonyl (C=O) groups is 2. The SMILES string of the molecule is O=C(NCc1ccccc1)c1ccc(N2[C@@H]3CC[C@H]2C[C@@H](NC(=O)c2ccc(C(O)CO)cc2)C3)nc1. The molecule has 5 rings (SSSR count). The molecular weight excluding hydrogens is 468 g/mol. The van der Waals surface area contributed by atoms with Gasteiger partial charge in [-0.3, -0.25) is 9.59 Å². The summed E-state index contributed by atoms with van der Waals surface area (Å²) in [6.07, 6.45) is 4.47. The number of aliphatic hydroxyl groups excluding tert-OH is 2.